The molecule has 1 fully saturated rings. The van der Waals surface area contributed by atoms with Crippen LogP contribution in [0.4, 0.5) is 0 Å². The first-order chi connectivity index (χ1) is 8.10. The Labute approximate surface area is 111 Å². The number of carbonyl (C=O) groups is 1. The zero-order chi connectivity index (χ0) is 14.1. The fourth-order valence-corrected chi connectivity index (χ4v) is 3.34. The van der Waals surface area contributed by atoms with E-state index >= 15 is 0 Å². The Kier molecular flexibility index (Phi) is 4.26. The van der Waals surface area contributed by atoms with Crippen LogP contribution in [0.1, 0.15) is 27.7 Å². The second-order valence-electron chi connectivity index (χ2n) is 6.51. The van der Waals surface area contributed by atoms with E-state index in [2.05, 4.69) is 51.5 Å². The smallest absolute Gasteiger partial charge is 0.228 e. The summed E-state index contributed by atoms with van der Waals surface area (Å²) in [5.41, 5.74) is 2.73. The first-order valence-electron chi connectivity index (χ1n) is 6.44. The highest BCUT2D eigenvalue weighted by Crippen LogP contribution is 2.38. The van der Waals surface area contributed by atoms with Gasteiger partial charge in [0, 0.05) is 0 Å². The Balaban J connectivity index is 2.74. The van der Waals surface area contributed by atoms with Crippen molar-refractivity contribution in [3.05, 3.63) is 18.4 Å². The maximum atomic E-state index is 11.6. The van der Waals surface area contributed by atoms with Gasteiger partial charge < -0.3 is 9.74 Å². The average molecular weight is 267 g/mol. The lowest BCUT2D eigenvalue weighted by Crippen LogP contribution is -2.62. The van der Waals surface area contributed by atoms with Gasteiger partial charge in [0.2, 0.25) is 5.91 Å². The van der Waals surface area contributed by atoms with Gasteiger partial charge in [0.05, 0.1) is 18.1 Å². The highest BCUT2D eigenvalue weighted by Gasteiger charge is 2.46. The molecule has 0 saturated carbocycles. The maximum absolute atomic E-state index is 11.6. The summed E-state index contributed by atoms with van der Waals surface area (Å²) in [5, 5.41) is 3.00. The third kappa shape index (κ3) is 2.94. The number of rotatable bonds is 4. The molecule has 0 bridgehead atoms. The molecule has 1 rings (SSSR count). The summed E-state index contributed by atoms with van der Waals surface area (Å²) < 4.78 is 6.26. The van der Waals surface area contributed by atoms with Gasteiger partial charge in [-0.25, -0.2) is 0 Å². The average Bonchev–Trinajstić information content (AvgIpc) is 2.13. The van der Waals surface area contributed by atoms with E-state index in [-0.39, 0.29) is 29.0 Å². The molecular formula is C14H25NO2Si. The minimum Gasteiger partial charge on any atom is -0.413 e. The summed E-state index contributed by atoms with van der Waals surface area (Å²) in [5.74, 6) is -0.0360. The van der Waals surface area contributed by atoms with Gasteiger partial charge in [-0.15, -0.1) is 5.73 Å². The number of amides is 1. The molecule has 1 N–H and O–H groups in total. The number of hydrogen-bond acceptors (Lipinski definition) is 2. The third-order valence-corrected chi connectivity index (χ3v) is 8.66. The molecule has 0 spiro atoms. The second kappa shape index (κ2) is 5.04. The Bertz CT molecular complexity index is 378. The van der Waals surface area contributed by atoms with Crippen molar-refractivity contribution in [1.82, 2.24) is 5.32 Å². The number of hydrogen-bond donors (Lipinski definition) is 1. The van der Waals surface area contributed by atoms with Gasteiger partial charge in [0.15, 0.2) is 8.32 Å². The summed E-state index contributed by atoms with van der Waals surface area (Å²) in [6.45, 7) is 16.6. The molecule has 1 saturated heterocycles. The van der Waals surface area contributed by atoms with E-state index in [0.717, 1.165) is 0 Å². The molecule has 0 aliphatic carbocycles. The van der Waals surface area contributed by atoms with Crippen LogP contribution in [0, 0.1) is 5.92 Å². The summed E-state index contributed by atoms with van der Waals surface area (Å²) in [6.07, 6.45) is 1.74. The zero-order valence-electron chi connectivity index (χ0n) is 12.3. The van der Waals surface area contributed by atoms with Crippen molar-refractivity contribution in [1.29, 1.82) is 0 Å². The Morgan fingerprint density at radius 1 is 1.50 bits per heavy atom. The van der Waals surface area contributed by atoms with Crippen LogP contribution in [0.25, 0.3) is 0 Å². The molecule has 0 unspecified atom stereocenters. The van der Waals surface area contributed by atoms with Crippen LogP contribution in [-0.2, 0) is 9.22 Å². The predicted octanol–water partition coefficient (Wildman–Crippen LogP) is 2.85. The second-order valence-corrected chi connectivity index (χ2v) is 11.3. The van der Waals surface area contributed by atoms with E-state index in [0.29, 0.717) is 0 Å². The predicted molar refractivity (Wildman–Crippen MR) is 76.9 cm³/mol. The lowest BCUT2D eigenvalue weighted by molar-refractivity contribution is -0.137. The van der Waals surface area contributed by atoms with Crippen molar-refractivity contribution in [2.75, 3.05) is 0 Å². The molecule has 1 heterocycles. The Hall–Kier alpha value is -0.833. The van der Waals surface area contributed by atoms with Gasteiger partial charge in [-0.3, -0.25) is 4.79 Å². The molecule has 0 radical (unpaired) electrons. The van der Waals surface area contributed by atoms with Crippen molar-refractivity contribution < 1.29 is 9.22 Å². The van der Waals surface area contributed by atoms with E-state index in [9.17, 15) is 4.79 Å². The lowest BCUT2D eigenvalue weighted by atomic mass is 9.86. The molecule has 0 aromatic carbocycles. The van der Waals surface area contributed by atoms with Crippen molar-refractivity contribution in [3.8, 4) is 0 Å². The van der Waals surface area contributed by atoms with Crippen LogP contribution in [-0.4, -0.2) is 26.4 Å². The van der Waals surface area contributed by atoms with Crippen molar-refractivity contribution in [2.45, 2.75) is 58.0 Å². The van der Waals surface area contributed by atoms with Crippen molar-refractivity contribution >= 4 is 14.2 Å². The standard InChI is InChI=1S/C14H25NO2Si/c1-8-9-11-12(13(16)15-11)10(2)17-18(6,7)14(3,4)5/h9-12H,1H2,2-7H3,(H,15,16)/t10-,11-,12-/m0/s1. The fraction of sp³-hybridized carbons (Fsp3) is 0.714. The van der Waals surface area contributed by atoms with E-state index in [4.69, 9.17) is 4.43 Å². The SMILES string of the molecule is C=C=C[C@@H]1NC(=O)[C@H]1[C@H](C)O[Si](C)(C)C(C)(C)C. The molecule has 0 aromatic rings. The Morgan fingerprint density at radius 3 is 2.44 bits per heavy atom. The molecule has 3 nitrogen and oxygen atoms in total. The molecular weight excluding hydrogens is 242 g/mol. The molecule has 1 aliphatic heterocycles. The summed E-state index contributed by atoms with van der Waals surface area (Å²) in [7, 11) is -1.83. The highest BCUT2D eigenvalue weighted by molar-refractivity contribution is 6.74. The molecule has 1 amide bonds. The molecule has 102 valence electrons. The van der Waals surface area contributed by atoms with Gasteiger partial charge in [-0.2, -0.15) is 0 Å². The van der Waals surface area contributed by atoms with Gasteiger partial charge in [-0.05, 0) is 31.1 Å². The van der Waals surface area contributed by atoms with E-state index < -0.39 is 8.32 Å². The fourth-order valence-electron chi connectivity index (χ4n) is 1.91. The normalized spacial score (nSPS) is 25.8. The number of carbonyl (C=O) groups excluding carboxylic acids is 1. The van der Waals surface area contributed by atoms with E-state index in [1.165, 1.54) is 0 Å². The van der Waals surface area contributed by atoms with Crippen molar-refractivity contribution in [3.63, 3.8) is 0 Å². The molecule has 1 aliphatic rings. The topological polar surface area (TPSA) is 38.3 Å². The maximum Gasteiger partial charge on any atom is 0.228 e. The minimum atomic E-state index is -1.83. The van der Waals surface area contributed by atoms with Crippen LogP contribution in [0.5, 0.6) is 0 Å². The number of nitrogens with one attached hydrogen (secondary N) is 1. The molecule has 0 aromatic heterocycles. The van der Waals surface area contributed by atoms with Crippen LogP contribution in [0.2, 0.25) is 18.1 Å². The van der Waals surface area contributed by atoms with E-state index in [1.807, 2.05) is 6.92 Å². The molecule has 18 heavy (non-hydrogen) atoms. The summed E-state index contributed by atoms with van der Waals surface area (Å²) in [4.78, 5) is 11.6. The largest absolute Gasteiger partial charge is 0.413 e. The summed E-state index contributed by atoms with van der Waals surface area (Å²) in [6, 6.07) is 0.0229. The quantitative estimate of drug-likeness (QED) is 0.483. The first kappa shape index (κ1) is 15.2. The molecule has 4 heteroatoms. The van der Waals surface area contributed by atoms with Crippen LogP contribution >= 0.6 is 0 Å². The Morgan fingerprint density at radius 2 is 2.06 bits per heavy atom. The molecule has 3 atom stereocenters. The number of β-lactam (4-membered cyclic amide) rings is 1. The van der Waals surface area contributed by atoms with Gasteiger partial charge >= 0.3 is 0 Å². The van der Waals surface area contributed by atoms with Gasteiger partial charge in [0.25, 0.3) is 0 Å². The van der Waals surface area contributed by atoms with E-state index in [1.54, 1.807) is 6.08 Å². The van der Waals surface area contributed by atoms with Crippen molar-refractivity contribution in [2.24, 2.45) is 5.92 Å². The zero-order valence-corrected chi connectivity index (χ0v) is 13.3. The van der Waals surface area contributed by atoms with Gasteiger partial charge in [0.1, 0.15) is 0 Å². The van der Waals surface area contributed by atoms with Crippen LogP contribution in [0.3, 0.4) is 0 Å². The van der Waals surface area contributed by atoms with Crippen LogP contribution < -0.4 is 5.32 Å². The minimum absolute atomic E-state index is 0.0229. The highest BCUT2D eigenvalue weighted by atomic mass is 28.4. The van der Waals surface area contributed by atoms with Crippen LogP contribution in [0.15, 0.2) is 18.4 Å². The summed E-state index contributed by atoms with van der Waals surface area (Å²) >= 11 is 0. The lowest BCUT2D eigenvalue weighted by Gasteiger charge is -2.44. The monoisotopic (exact) mass is 267 g/mol. The van der Waals surface area contributed by atoms with Gasteiger partial charge in [-0.1, -0.05) is 27.4 Å². The third-order valence-electron chi connectivity index (χ3n) is 4.09. The first-order valence-corrected chi connectivity index (χ1v) is 9.35.